The van der Waals surface area contributed by atoms with Gasteiger partial charge in [-0.2, -0.15) is 0 Å². The molecule has 1 aromatic heterocycles. The van der Waals surface area contributed by atoms with Crippen LogP contribution in [0.4, 0.5) is 0 Å². The monoisotopic (exact) mass is 271 g/mol. The Morgan fingerprint density at radius 2 is 2.07 bits per heavy atom. The fourth-order valence-electron chi connectivity index (χ4n) is 1.71. The summed E-state index contributed by atoms with van der Waals surface area (Å²) in [4.78, 5) is 4.46. The predicted molar refractivity (Wildman–Crippen MR) is 67.0 cm³/mol. The van der Waals surface area contributed by atoms with Crippen LogP contribution < -0.4 is 4.74 Å². The standard InChI is InChI=1S/C12H18BrNO/c1-9-8-14-11(6-4-5-7-13)10(2)12(9)15-3/h8H,4-7H2,1-3H3. The van der Waals surface area contributed by atoms with Crippen LogP contribution in [0.2, 0.25) is 0 Å². The number of hydrogen-bond donors (Lipinski definition) is 0. The first-order chi connectivity index (χ1) is 7.20. The van der Waals surface area contributed by atoms with E-state index in [4.69, 9.17) is 4.74 Å². The third-order valence-electron chi connectivity index (χ3n) is 2.55. The average molecular weight is 272 g/mol. The number of methoxy groups -OCH3 is 1. The minimum Gasteiger partial charge on any atom is -0.496 e. The molecule has 0 aliphatic carbocycles. The molecular weight excluding hydrogens is 254 g/mol. The Balaban J connectivity index is 2.80. The van der Waals surface area contributed by atoms with Gasteiger partial charge in [0.25, 0.3) is 0 Å². The zero-order valence-electron chi connectivity index (χ0n) is 9.64. The molecule has 0 aliphatic heterocycles. The van der Waals surface area contributed by atoms with Crippen LogP contribution in [0.1, 0.15) is 29.7 Å². The molecule has 0 spiro atoms. The Bertz CT molecular complexity index is 326. The first-order valence-electron chi connectivity index (χ1n) is 5.25. The molecule has 0 radical (unpaired) electrons. The first-order valence-corrected chi connectivity index (χ1v) is 6.38. The molecule has 1 rings (SSSR count). The molecule has 0 bridgehead atoms. The van der Waals surface area contributed by atoms with Crippen LogP contribution in [-0.2, 0) is 6.42 Å². The molecule has 0 atom stereocenters. The normalized spacial score (nSPS) is 10.4. The molecule has 1 aromatic rings. The molecule has 1 heterocycles. The van der Waals surface area contributed by atoms with Crippen molar-refractivity contribution in [3.63, 3.8) is 0 Å². The van der Waals surface area contributed by atoms with E-state index in [1.54, 1.807) is 7.11 Å². The quantitative estimate of drug-likeness (QED) is 0.605. The summed E-state index contributed by atoms with van der Waals surface area (Å²) in [5.41, 5.74) is 3.46. The summed E-state index contributed by atoms with van der Waals surface area (Å²) in [5.74, 6) is 0.985. The van der Waals surface area contributed by atoms with E-state index in [0.29, 0.717) is 0 Å². The van der Waals surface area contributed by atoms with Gasteiger partial charge < -0.3 is 4.74 Å². The Morgan fingerprint density at radius 1 is 1.33 bits per heavy atom. The van der Waals surface area contributed by atoms with E-state index in [2.05, 4.69) is 27.8 Å². The number of hydrogen-bond acceptors (Lipinski definition) is 2. The molecule has 0 amide bonds. The van der Waals surface area contributed by atoms with Crippen LogP contribution in [0.3, 0.4) is 0 Å². The smallest absolute Gasteiger partial charge is 0.128 e. The third kappa shape index (κ3) is 3.20. The van der Waals surface area contributed by atoms with Crippen LogP contribution in [0.15, 0.2) is 6.20 Å². The zero-order chi connectivity index (χ0) is 11.3. The molecule has 0 aromatic carbocycles. The van der Waals surface area contributed by atoms with Crippen molar-refractivity contribution in [1.29, 1.82) is 0 Å². The number of alkyl halides is 1. The number of rotatable bonds is 5. The minimum absolute atomic E-state index is 0.985. The van der Waals surface area contributed by atoms with Gasteiger partial charge in [-0.1, -0.05) is 15.9 Å². The van der Waals surface area contributed by atoms with Crippen LogP contribution in [0, 0.1) is 13.8 Å². The van der Waals surface area contributed by atoms with Gasteiger partial charge in [0.05, 0.1) is 7.11 Å². The van der Waals surface area contributed by atoms with Gasteiger partial charge in [-0.05, 0) is 33.1 Å². The maximum absolute atomic E-state index is 5.37. The van der Waals surface area contributed by atoms with E-state index in [0.717, 1.165) is 23.1 Å². The largest absolute Gasteiger partial charge is 0.496 e. The van der Waals surface area contributed by atoms with Gasteiger partial charge >= 0.3 is 0 Å². The highest BCUT2D eigenvalue weighted by Gasteiger charge is 2.08. The maximum atomic E-state index is 5.37. The lowest BCUT2D eigenvalue weighted by Gasteiger charge is -2.11. The second-order valence-electron chi connectivity index (χ2n) is 3.69. The molecule has 0 N–H and O–H groups in total. The SMILES string of the molecule is COc1c(C)cnc(CCCCBr)c1C. The van der Waals surface area contributed by atoms with E-state index in [-0.39, 0.29) is 0 Å². The Kier molecular flexibility index (Phi) is 5.09. The number of nitrogens with zero attached hydrogens (tertiary/aromatic N) is 1. The fourth-order valence-corrected chi connectivity index (χ4v) is 2.11. The van der Waals surface area contributed by atoms with Crippen molar-refractivity contribution >= 4 is 15.9 Å². The highest BCUT2D eigenvalue weighted by atomic mass is 79.9. The van der Waals surface area contributed by atoms with Crippen molar-refractivity contribution in [3.05, 3.63) is 23.0 Å². The van der Waals surface area contributed by atoms with Crippen LogP contribution in [-0.4, -0.2) is 17.4 Å². The van der Waals surface area contributed by atoms with Gasteiger partial charge in [-0.25, -0.2) is 0 Å². The van der Waals surface area contributed by atoms with Gasteiger partial charge in [-0.3, -0.25) is 4.98 Å². The van der Waals surface area contributed by atoms with Crippen molar-refractivity contribution in [2.24, 2.45) is 0 Å². The van der Waals surface area contributed by atoms with Crippen molar-refractivity contribution in [2.45, 2.75) is 33.1 Å². The third-order valence-corrected chi connectivity index (χ3v) is 3.11. The van der Waals surface area contributed by atoms with Crippen LogP contribution >= 0.6 is 15.9 Å². The highest BCUT2D eigenvalue weighted by molar-refractivity contribution is 9.09. The highest BCUT2D eigenvalue weighted by Crippen LogP contribution is 2.24. The van der Waals surface area contributed by atoms with Crippen LogP contribution in [0.5, 0.6) is 5.75 Å². The number of ether oxygens (including phenoxy) is 1. The van der Waals surface area contributed by atoms with Crippen LogP contribution in [0.25, 0.3) is 0 Å². The Hall–Kier alpha value is -0.570. The molecule has 0 saturated carbocycles. The summed E-state index contributed by atoms with van der Waals surface area (Å²) >= 11 is 3.44. The van der Waals surface area contributed by atoms with Crippen molar-refractivity contribution in [2.75, 3.05) is 12.4 Å². The maximum Gasteiger partial charge on any atom is 0.128 e. The lowest BCUT2D eigenvalue weighted by atomic mass is 10.1. The summed E-state index contributed by atoms with van der Waals surface area (Å²) in [6.45, 7) is 4.11. The van der Waals surface area contributed by atoms with E-state index in [1.807, 2.05) is 13.1 Å². The van der Waals surface area contributed by atoms with E-state index < -0.39 is 0 Å². The van der Waals surface area contributed by atoms with Gasteiger partial charge in [0.1, 0.15) is 5.75 Å². The number of aryl methyl sites for hydroxylation is 2. The number of aromatic nitrogens is 1. The van der Waals surface area contributed by atoms with E-state index >= 15 is 0 Å². The number of unbranched alkanes of at least 4 members (excludes halogenated alkanes) is 1. The second kappa shape index (κ2) is 6.11. The lowest BCUT2D eigenvalue weighted by molar-refractivity contribution is 0.406. The molecule has 0 unspecified atom stereocenters. The molecule has 84 valence electrons. The van der Waals surface area contributed by atoms with Gasteiger partial charge in [0.15, 0.2) is 0 Å². The summed E-state index contributed by atoms with van der Waals surface area (Å²) in [6.07, 6.45) is 5.30. The van der Waals surface area contributed by atoms with Crippen molar-refractivity contribution < 1.29 is 4.74 Å². The first kappa shape index (κ1) is 12.5. The Labute approximate surface area is 100 Å². The summed E-state index contributed by atoms with van der Waals surface area (Å²) in [7, 11) is 1.72. The minimum atomic E-state index is 0.985. The molecule has 3 heteroatoms. The van der Waals surface area contributed by atoms with Crippen molar-refractivity contribution in [1.82, 2.24) is 4.98 Å². The number of pyridine rings is 1. The molecule has 2 nitrogen and oxygen atoms in total. The number of halogens is 1. The van der Waals surface area contributed by atoms with Gasteiger partial charge in [-0.15, -0.1) is 0 Å². The Morgan fingerprint density at radius 3 is 2.67 bits per heavy atom. The summed E-state index contributed by atoms with van der Waals surface area (Å²) < 4.78 is 5.37. The average Bonchev–Trinajstić information content (AvgIpc) is 2.22. The van der Waals surface area contributed by atoms with Gasteiger partial charge in [0, 0.05) is 28.3 Å². The van der Waals surface area contributed by atoms with Crippen molar-refractivity contribution in [3.8, 4) is 5.75 Å². The fraction of sp³-hybridized carbons (Fsp3) is 0.583. The molecule has 0 fully saturated rings. The zero-order valence-corrected chi connectivity index (χ0v) is 11.2. The topological polar surface area (TPSA) is 22.1 Å². The molecule has 0 saturated heterocycles. The van der Waals surface area contributed by atoms with Gasteiger partial charge in [0.2, 0.25) is 0 Å². The lowest BCUT2D eigenvalue weighted by Crippen LogP contribution is -2.00. The summed E-state index contributed by atoms with van der Waals surface area (Å²) in [6, 6.07) is 0. The molecule has 0 aliphatic rings. The van der Waals surface area contributed by atoms with E-state index in [9.17, 15) is 0 Å². The van der Waals surface area contributed by atoms with E-state index in [1.165, 1.54) is 24.1 Å². The second-order valence-corrected chi connectivity index (χ2v) is 4.49. The molecule has 15 heavy (non-hydrogen) atoms. The molecular formula is C12H18BrNO. The predicted octanol–water partition coefficient (Wildman–Crippen LogP) is 3.42. The summed E-state index contributed by atoms with van der Waals surface area (Å²) in [5, 5.41) is 1.06.